The Bertz CT molecular complexity index is 839. The number of nitrogens with zero attached hydrogens (tertiary/aromatic N) is 1. The molecule has 0 radical (unpaired) electrons. The van der Waals surface area contributed by atoms with Gasteiger partial charge in [-0.15, -0.1) is 0 Å². The molecule has 7 nitrogen and oxygen atoms in total. The van der Waals surface area contributed by atoms with E-state index in [1.165, 1.54) is 7.11 Å². The second-order valence-electron chi connectivity index (χ2n) is 5.73. The number of amides is 1. The zero-order chi connectivity index (χ0) is 19.4. The van der Waals surface area contributed by atoms with E-state index >= 15 is 0 Å². The maximum atomic E-state index is 12.9. The number of methoxy groups -OCH3 is 2. The van der Waals surface area contributed by atoms with Crippen molar-refractivity contribution in [2.45, 2.75) is 20.8 Å². The second kappa shape index (κ2) is 7.95. The molecule has 1 aromatic carbocycles. The fourth-order valence-electron chi connectivity index (χ4n) is 2.90. The Kier molecular flexibility index (Phi) is 5.92. The summed E-state index contributed by atoms with van der Waals surface area (Å²) in [6.07, 6.45) is 0. The van der Waals surface area contributed by atoms with Crippen LogP contribution in [-0.2, 0) is 11.8 Å². The Morgan fingerprint density at radius 3 is 2.42 bits per heavy atom. The summed E-state index contributed by atoms with van der Waals surface area (Å²) in [5.41, 5.74) is 2.53. The molecule has 26 heavy (non-hydrogen) atoms. The summed E-state index contributed by atoms with van der Waals surface area (Å²) in [6.45, 7) is 5.53. The first-order valence-corrected chi connectivity index (χ1v) is 8.22. The third-order valence-corrected chi connectivity index (χ3v) is 4.28. The highest BCUT2D eigenvalue weighted by molar-refractivity contribution is 6.09. The van der Waals surface area contributed by atoms with Crippen molar-refractivity contribution in [1.82, 2.24) is 4.57 Å². The number of rotatable bonds is 6. The number of anilines is 1. The van der Waals surface area contributed by atoms with E-state index in [0.29, 0.717) is 39.7 Å². The number of aromatic nitrogens is 1. The van der Waals surface area contributed by atoms with Crippen LogP contribution in [0.25, 0.3) is 0 Å². The van der Waals surface area contributed by atoms with Gasteiger partial charge in [-0.1, -0.05) is 0 Å². The molecule has 0 fully saturated rings. The Morgan fingerprint density at radius 2 is 1.85 bits per heavy atom. The summed E-state index contributed by atoms with van der Waals surface area (Å²) >= 11 is 0. The monoisotopic (exact) mass is 360 g/mol. The number of carbonyl (C=O) groups is 2. The molecule has 1 N–H and O–H groups in total. The van der Waals surface area contributed by atoms with E-state index in [4.69, 9.17) is 14.2 Å². The number of nitrogens with one attached hydrogen (secondary N) is 1. The highest BCUT2D eigenvalue weighted by Gasteiger charge is 2.26. The third-order valence-electron chi connectivity index (χ3n) is 4.28. The van der Waals surface area contributed by atoms with Crippen molar-refractivity contribution in [3.63, 3.8) is 0 Å². The fraction of sp³-hybridized carbons (Fsp3) is 0.368. The summed E-state index contributed by atoms with van der Waals surface area (Å²) in [7, 11) is 4.80. The van der Waals surface area contributed by atoms with E-state index < -0.39 is 5.97 Å². The van der Waals surface area contributed by atoms with Gasteiger partial charge in [0.15, 0.2) is 0 Å². The molecule has 1 heterocycles. The minimum atomic E-state index is -0.450. The summed E-state index contributed by atoms with van der Waals surface area (Å²) in [6, 6.07) is 5.13. The van der Waals surface area contributed by atoms with Gasteiger partial charge in [0.2, 0.25) is 0 Å². The SMILES string of the molecule is CCOC(=O)c1c(C)c(C(=O)Nc2cc(OC)ccc2OC)c(C)n1C. The highest BCUT2D eigenvalue weighted by Crippen LogP contribution is 2.30. The number of carbonyl (C=O) groups excluding carboxylic acids is 2. The molecule has 0 unspecified atom stereocenters. The van der Waals surface area contributed by atoms with Gasteiger partial charge >= 0.3 is 5.97 Å². The number of hydrogen-bond donors (Lipinski definition) is 1. The quantitative estimate of drug-likeness (QED) is 0.801. The molecule has 0 aliphatic rings. The van der Waals surface area contributed by atoms with Crippen molar-refractivity contribution in [2.24, 2.45) is 7.05 Å². The van der Waals surface area contributed by atoms with Gasteiger partial charge < -0.3 is 24.1 Å². The highest BCUT2D eigenvalue weighted by atomic mass is 16.5. The van der Waals surface area contributed by atoms with Crippen molar-refractivity contribution in [3.05, 3.63) is 40.7 Å². The van der Waals surface area contributed by atoms with Gasteiger partial charge in [-0.2, -0.15) is 0 Å². The lowest BCUT2D eigenvalue weighted by Crippen LogP contribution is -2.15. The van der Waals surface area contributed by atoms with E-state index in [2.05, 4.69) is 5.32 Å². The van der Waals surface area contributed by atoms with Crippen LogP contribution in [0.4, 0.5) is 5.69 Å². The van der Waals surface area contributed by atoms with Crippen LogP contribution in [-0.4, -0.2) is 37.3 Å². The average Bonchev–Trinajstić information content (AvgIpc) is 2.84. The molecule has 7 heteroatoms. The topological polar surface area (TPSA) is 78.8 Å². The molecule has 0 saturated heterocycles. The Balaban J connectivity index is 2.43. The van der Waals surface area contributed by atoms with E-state index in [0.717, 1.165) is 0 Å². The summed E-state index contributed by atoms with van der Waals surface area (Å²) in [4.78, 5) is 25.1. The van der Waals surface area contributed by atoms with Crippen LogP contribution >= 0.6 is 0 Å². The first kappa shape index (κ1) is 19.4. The van der Waals surface area contributed by atoms with Crippen molar-refractivity contribution < 1.29 is 23.8 Å². The maximum Gasteiger partial charge on any atom is 0.355 e. The summed E-state index contributed by atoms with van der Waals surface area (Å²) in [5, 5.41) is 2.84. The molecule has 2 aromatic rings. The van der Waals surface area contributed by atoms with Crippen molar-refractivity contribution in [1.29, 1.82) is 0 Å². The molecule has 0 atom stereocenters. The lowest BCUT2D eigenvalue weighted by atomic mass is 10.1. The molecular weight excluding hydrogens is 336 g/mol. The minimum Gasteiger partial charge on any atom is -0.497 e. The first-order chi connectivity index (χ1) is 12.3. The van der Waals surface area contributed by atoms with Crippen LogP contribution < -0.4 is 14.8 Å². The van der Waals surface area contributed by atoms with Gasteiger partial charge in [-0.05, 0) is 38.5 Å². The first-order valence-electron chi connectivity index (χ1n) is 8.22. The molecule has 0 saturated carbocycles. The molecule has 0 aliphatic heterocycles. The number of hydrogen-bond acceptors (Lipinski definition) is 5. The Hall–Kier alpha value is -2.96. The van der Waals surface area contributed by atoms with E-state index in [-0.39, 0.29) is 12.5 Å². The van der Waals surface area contributed by atoms with Crippen molar-refractivity contribution >= 4 is 17.6 Å². The molecule has 0 spiro atoms. The molecule has 140 valence electrons. The van der Waals surface area contributed by atoms with Crippen LogP contribution in [0.5, 0.6) is 11.5 Å². The van der Waals surface area contributed by atoms with Gasteiger partial charge in [-0.25, -0.2) is 4.79 Å². The van der Waals surface area contributed by atoms with Crippen LogP contribution in [0, 0.1) is 13.8 Å². The zero-order valence-electron chi connectivity index (χ0n) is 15.9. The third kappa shape index (κ3) is 3.51. The Morgan fingerprint density at radius 1 is 1.15 bits per heavy atom. The molecule has 0 aliphatic carbocycles. The molecule has 2 rings (SSSR count). The molecule has 0 bridgehead atoms. The lowest BCUT2D eigenvalue weighted by Gasteiger charge is -2.12. The molecule has 1 amide bonds. The standard InChI is InChI=1S/C19H24N2O5/c1-7-26-19(23)17-11(2)16(12(3)21(17)4)18(22)20-14-10-13(24-5)8-9-15(14)25-6/h8-10H,7H2,1-6H3,(H,20,22). The Labute approximate surface area is 152 Å². The van der Waals surface area contributed by atoms with Gasteiger partial charge in [0.25, 0.3) is 5.91 Å². The van der Waals surface area contributed by atoms with Crippen LogP contribution in [0.1, 0.15) is 39.0 Å². The normalized spacial score (nSPS) is 10.4. The fourth-order valence-corrected chi connectivity index (χ4v) is 2.90. The van der Waals surface area contributed by atoms with Gasteiger partial charge in [-0.3, -0.25) is 4.79 Å². The largest absolute Gasteiger partial charge is 0.497 e. The molecular formula is C19H24N2O5. The van der Waals surface area contributed by atoms with Crippen LogP contribution in [0.3, 0.4) is 0 Å². The van der Waals surface area contributed by atoms with Crippen molar-refractivity contribution in [3.8, 4) is 11.5 Å². The summed E-state index contributed by atoms with van der Waals surface area (Å²) in [5.74, 6) is 0.317. The number of esters is 1. The molecule has 1 aromatic heterocycles. The smallest absolute Gasteiger partial charge is 0.355 e. The van der Waals surface area contributed by atoms with E-state index in [1.807, 2.05) is 0 Å². The predicted octanol–water partition coefficient (Wildman–Crippen LogP) is 3.09. The van der Waals surface area contributed by atoms with Gasteiger partial charge in [0.05, 0.1) is 32.1 Å². The maximum absolute atomic E-state index is 12.9. The zero-order valence-corrected chi connectivity index (χ0v) is 15.9. The van der Waals surface area contributed by atoms with Gasteiger partial charge in [0.1, 0.15) is 17.2 Å². The number of ether oxygens (including phenoxy) is 3. The lowest BCUT2D eigenvalue weighted by molar-refractivity contribution is 0.0514. The van der Waals surface area contributed by atoms with E-state index in [9.17, 15) is 9.59 Å². The van der Waals surface area contributed by atoms with E-state index in [1.54, 1.807) is 57.7 Å². The van der Waals surface area contributed by atoms with Gasteiger partial charge in [0, 0.05) is 18.8 Å². The predicted molar refractivity (Wildman–Crippen MR) is 98.3 cm³/mol. The van der Waals surface area contributed by atoms with Crippen molar-refractivity contribution in [2.75, 3.05) is 26.1 Å². The van der Waals surface area contributed by atoms with Crippen LogP contribution in [0.2, 0.25) is 0 Å². The minimum absolute atomic E-state index is 0.269. The van der Waals surface area contributed by atoms with Crippen LogP contribution in [0.15, 0.2) is 18.2 Å². The average molecular weight is 360 g/mol. The number of benzene rings is 1. The second-order valence-corrected chi connectivity index (χ2v) is 5.73. The summed E-state index contributed by atoms with van der Waals surface area (Å²) < 4.78 is 17.3.